The predicted octanol–water partition coefficient (Wildman–Crippen LogP) is 2.35. The minimum atomic E-state index is -0.586. The summed E-state index contributed by atoms with van der Waals surface area (Å²) in [5.41, 5.74) is -0.0988. The fraction of sp³-hybridized carbons (Fsp3) is 0.417. The molecule has 0 saturated carbocycles. The Morgan fingerprint density at radius 1 is 1.58 bits per heavy atom. The van der Waals surface area contributed by atoms with E-state index in [0.717, 1.165) is 0 Å². The van der Waals surface area contributed by atoms with Gasteiger partial charge in [0.25, 0.3) is 5.91 Å². The van der Waals surface area contributed by atoms with Crippen molar-refractivity contribution in [2.45, 2.75) is 19.4 Å². The number of benzene rings is 1. The van der Waals surface area contributed by atoms with Crippen LogP contribution in [0.3, 0.4) is 0 Å². The summed E-state index contributed by atoms with van der Waals surface area (Å²) in [5, 5.41) is 13.6. The normalized spacial score (nSPS) is 11.7. The molecule has 1 amide bonds. The fourth-order valence-corrected chi connectivity index (χ4v) is 1.93. The third kappa shape index (κ3) is 3.82. The monoisotopic (exact) mass is 286 g/mol. The molecule has 1 unspecified atom stereocenters. The molecule has 0 aliphatic carbocycles. The number of carbonyl (C=O) groups is 1. The van der Waals surface area contributed by atoms with Crippen LogP contribution >= 0.6 is 11.6 Å². The first kappa shape index (κ1) is 15.2. The summed E-state index contributed by atoms with van der Waals surface area (Å²) in [6, 6.07) is 4.10. The van der Waals surface area contributed by atoms with E-state index in [2.05, 4.69) is 5.32 Å². The Bertz CT molecular complexity index is 479. The molecule has 0 fully saturated rings. The lowest BCUT2D eigenvalue weighted by Crippen LogP contribution is -2.33. The Morgan fingerprint density at radius 2 is 2.26 bits per heavy atom. The van der Waals surface area contributed by atoms with Gasteiger partial charge in [-0.05, 0) is 19.4 Å². The highest BCUT2D eigenvalue weighted by atomic mass is 35.5. The molecule has 0 aromatic heterocycles. The van der Waals surface area contributed by atoms with Gasteiger partial charge < -0.3 is 10.1 Å². The second-order valence-electron chi connectivity index (χ2n) is 3.97. The number of rotatable bonds is 6. The maximum Gasteiger partial charge on any atom is 0.311 e. The molecule has 0 aliphatic heterocycles. The minimum absolute atomic E-state index is 0.0388. The number of hydrogen-bond acceptors (Lipinski definition) is 4. The average Bonchev–Trinajstić information content (AvgIpc) is 2.37. The van der Waals surface area contributed by atoms with Crippen LogP contribution in [0.4, 0.5) is 5.69 Å². The molecule has 1 atom stereocenters. The van der Waals surface area contributed by atoms with Crippen molar-refractivity contribution in [2.75, 3.05) is 13.0 Å². The molecular formula is C12H15ClN2O4. The van der Waals surface area contributed by atoms with E-state index in [9.17, 15) is 14.9 Å². The van der Waals surface area contributed by atoms with E-state index in [1.165, 1.54) is 25.3 Å². The van der Waals surface area contributed by atoms with Crippen LogP contribution in [-0.2, 0) is 0 Å². The number of hydrogen-bond donors (Lipinski definition) is 1. The summed E-state index contributed by atoms with van der Waals surface area (Å²) in [6.45, 7) is 1.81. The zero-order chi connectivity index (χ0) is 14.4. The molecule has 1 N–H and O–H groups in total. The molecule has 6 nitrogen and oxygen atoms in total. The van der Waals surface area contributed by atoms with Gasteiger partial charge in [0.15, 0.2) is 0 Å². The summed E-state index contributed by atoms with van der Waals surface area (Å²) in [5.74, 6) is -0.0331. The first-order valence-electron chi connectivity index (χ1n) is 5.69. The second-order valence-corrected chi connectivity index (χ2v) is 4.35. The van der Waals surface area contributed by atoms with Gasteiger partial charge in [-0.25, -0.2) is 0 Å². The highest BCUT2D eigenvalue weighted by Gasteiger charge is 2.23. The van der Waals surface area contributed by atoms with E-state index in [0.29, 0.717) is 12.3 Å². The molecule has 7 heteroatoms. The number of ether oxygens (including phenoxy) is 1. The molecule has 1 aromatic carbocycles. The molecule has 0 aliphatic rings. The zero-order valence-electron chi connectivity index (χ0n) is 10.7. The van der Waals surface area contributed by atoms with E-state index < -0.39 is 10.8 Å². The van der Waals surface area contributed by atoms with E-state index >= 15 is 0 Å². The molecule has 1 aromatic rings. The first-order valence-corrected chi connectivity index (χ1v) is 6.23. The number of nitro groups is 1. The van der Waals surface area contributed by atoms with Gasteiger partial charge in [0, 0.05) is 18.0 Å². The van der Waals surface area contributed by atoms with Gasteiger partial charge in [-0.1, -0.05) is 6.07 Å². The van der Waals surface area contributed by atoms with Gasteiger partial charge in [0.05, 0.1) is 17.6 Å². The third-order valence-corrected chi connectivity index (χ3v) is 2.78. The van der Waals surface area contributed by atoms with E-state index in [1.54, 1.807) is 0 Å². The Morgan fingerprint density at radius 3 is 2.79 bits per heavy atom. The molecule has 104 valence electrons. The summed E-state index contributed by atoms with van der Waals surface area (Å²) >= 11 is 5.59. The van der Waals surface area contributed by atoms with Crippen LogP contribution in [-0.4, -0.2) is 29.9 Å². The number of carbonyl (C=O) groups excluding carboxylic acids is 1. The smallest absolute Gasteiger partial charge is 0.311 e. The summed E-state index contributed by atoms with van der Waals surface area (Å²) in [6.07, 6.45) is 0.616. The number of nitro benzene ring substituents is 1. The van der Waals surface area contributed by atoms with Crippen molar-refractivity contribution in [3.63, 3.8) is 0 Å². The van der Waals surface area contributed by atoms with Crippen LogP contribution in [0, 0.1) is 10.1 Å². The zero-order valence-corrected chi connectivity index (χ0v) is 11.4. The van der Waals surface area contributed by atoms with Gasteiger partial charge in [0.1, 0.15) is 0 Å². The second kappa shape index (κ2) is 6.94. The van der Waals surface area contributed by atoms with Crippen LogP contribution in [0.2, 0.25) is 0 Å². The maximum absolute atomic E-state index is 12.0. The molecule has 0 spiro atoms. The van der Waals surface area contributed by atoms with Gasteiger partial charge in [-0.3, -0.25) is 14.9 Å². The first-order chi connectivity index (χ1) is 9.01. The summed E-state index contributed by atoms with van der Waals surface area (Å²) in [7, 11) is 1.29. The SMILES string of the molecule is COc1c(C(=O)NC(C)CCCl)cccc1[N+](=O)[O-]. The van der Waals surface area contributed by atoms with Gasteiger partial charge in [-0.2, -0.15) is 0 Å². The predicted molar refractivity (Wildman–Crippen MR) is 71.9 cm³/mol. The Balaban J connectivity index is 3.03. The Labute approximate surface area is 115 Å². The molecule has 19 heavy (non-hydrogen) atoms. The standard InChI is InChI=1S/C12H15ClN2O4/c1-8(6-7-13)14-12(16)9-4-3-5-10(15(17)18)11(9)19-2/h3-5,8H,6-7H2,1-2H3,(H,14,16). The van der Waals surface area contributed by atoms with Crippen molar-refractivity contribution >= 4 is 23.2 Å². The lowest BCUT2D eigenvalue weighted by atomic mass is 10.1. The maximum atomic E-state index is 12.0. The number of amides is 1. The van der Waals surface area contributed by atoms with Crippen LogP contribution in [0.5, 0.6) is 5.75 Å². The lowest BCUT2D eigenvalue weighted by molar-refractivity contribution is -0.385. The fourth-order valence-electron chi connectivity index (χ4n) is 1.60. The molecule has 0 heterocycles. The largest absolute Gasteiger partial charge is 0.490 e. The van der Waals surface area contributed by atoms with E-state index in [-0.39, 0.29) is 23.0 Å². The third-order valence-electron chi connectivity index (χ3n) is 2.56. The number of halogens is 1. The summed E-state index contributed by atoms with van der Waals surface area (Å²) < 4.78 is 4.97. The van der Waals surface area contributed by atoms with Crippen molar-refractivity contribution in [1.29, 1.82) is 0 Å². The lowest BCUT2D eigenvalue weighted by Gasteiger charge is -2.14. The number of para-hydroxylation sites is 1. The van der Waals surface area contributed by atoms with Crippen molar-refractivity contribution < 1.29 is 14.5 Å². The van der Waals surface area contributed by atoms with Gasteiger partial charge in [0.2, 0.25) is 5.75 Å². The number of methoxy groups -OCH3 is 1. The number of nitrogens with zero attached hydrogens (tertiary/aromatic N) is 1. The molecule has 1 rings (SSSR count). The highest BCUT2D eigenvalue weighted by molar-refractivity contribution is 6.17. The average molecular weight is 287 g/mol. The Hall–Kier alpha value is -1.82. The van der Waals surface area contributed by atoms with Crippen molar-refractivity contribution in [3.05, 3.63) is 33.9 Å². The van der Waals surface area contributed by atoms with Crippen molar-refractivity contribution in [2.24, 2.45) is 0 Å². The van der Waals surface area contributed by atoms with Crippen LogP contribution < -0.4 is 10.1 Å². The van der Waals surface area contributed by atoms with E-state index in [4.69, 9.17) is 16.3 Å². The molecule has 0 radical (unpaired) electrons. The quantitative estimate of drug-likeness (QED) is 0.494. The van der Waals surface area contributed by atoms with E-state index in [1.807, 2.05) is 6.92 Å². The van der Waals surface area contributed by atoms with Crippen LogP contribution in [0.15, 0.2) is 18.2 Å². The van der Waals surface area contributed by atoms with Gasteiger partial charge in [-0.15, -0.1) is 11.6 Å². The molecule has 0 bridgehead atoms. The molecular weight excluding hydrogens is 272 g/mol. The topological polar surface area (TPSA) is 81.5 Å². The highest BCUT2D eigenvalue weighted by Crippen LogP contribution is 2.30. The minimum Gasteiger partial charge on any atom is -0.490 e. The summed E-state index contributed by atoms with van der Waals surface area (Å²) in [4.78, 5) is 22.3. The van der Waals surface area contributed by atoms with Crippen LogP contribution in [0.25, 0.3) is 0 Å². The Kier molecular flexibility index (Phi) is 5.57. The van der Waals surface area contributed by atoms with Crippen molar-refractivity contribution in [1.82, 2.24) is 5.32 Å². The molecule has 0 saturated heterocycles. The van der Waals surface area contributed by atoms with Crippen molar-refractivity contribution in [3.8, 4) is 5.75 Å². The van der Waals surface area contributed by atoms with Crippen LogP contribution in [0.1, 0.15) is 23.7 Å². The van der Waals surface area contributed by atoms with Gasteiger partial charge >= 0.3 is 5.69 Å². The number of nitrogens with one attached hydrogen (secondary N) is 1. The number of alkyl halides is 1.